The number of H-pyrrole nitrogens is 1. The number of aromatic amines is 1. The van der Waals surface area contributed by atoms with Gasteiger partial charge in [-0.3, -0.25) is 18.9 Å². The van der Waals surface area contributed by atoms with Crippen molar-refractivity contribution in [2.75, 3.05) is 0 Å². The quantitative estimate of drug-likeness (QED) is 0.250. The van der Waals surface area contributed by atoms with Gasteiger partial charge >= 0.3 is 57.1 Å². The molecule has 0 bridgehead atoms. The SMILES string of the molecule is CCCc1nc(CC)c(-c2ccc(OC(C)C)cc2)c(=O)n1Cc1ccc(-c2ccccc2-c2noc(=O)[nH]2)cc1.[H-].[K+]. The van der Waals surface area contributed by atoms with E-state index in [0.717, 1.165) is 51.5 Å². The van der Waals surface area contributed by atoms with Gasteiger partial charge in [-0.15, -0.1) is 0 Å². The first-order chi connectivity index (χ1) is 19.9. The molecule has 1 N–H and O–H groups in total. The number of aryl methyl sites for hydroxylation is 2. The molecule has 5 aromatic rings. The predicted octanol–water partition coefficient (Wildman–Crippen LogP) is 3.39. The van der Waals surface area contributed by atoms with E-state index >= 15 is 0 Å². The normalized spacial score (nSPS) is 11.0. The molecule has 0 atom stereocenters. The summed E-state index contributed by atoms with van der Waals surface area (Å²) in [4.78, 5) is 33.2. The molecule has 42 heavy (non-hydrogen) atoms. The third kappa shape index (κ3) is 7.10. The van der Waals surface area contributed by atoms with E-state index in [1.54, 1.807) is 4.57 Å². The summed E-state index contributed by atoms with van der Waals surface area (Å²) in [5, 5.41) is 3.85. The number of nitrogens with one attached hydrogen (secondary N) is 1. The second-order valence-corrected chi connectivity index (χ2v) is 10.2. The van der Waals surface area contributed by atoms with E-state index in [9.17, 15) is 9.59 Å². The van der Waals surface area contributed by atoms with Crippen LogP contribution in [0.2, 0.25) is 0 Å². The van der Waals surface area contributed by atoms with Gasteiger partial charge in [0.15, 0.2) is 5.82 Å². The fourth-order valence-electron chi connectivity index (χ4n) is 5.00. The van der Waals surface area contributed by atoms with Crippen molar-refractivity contribution >= 4 is 0 Å². The molecule has 2 aromatic heterocycles. The smallest absolute Gasteiger partial charge is 1.00 e. The van der Waals surface area contributed by atoms with Gasteiger partial charge < -0.3 is 6.16 Å². The summed E-state index contributed by atoms with van der Waals surface area (Å²) in [6.07, 6.45) is 2.34. The van der Waals surface area contributed by atoms with Crippen LogP contribution in [0.25, 0.3) is 33.6 Å². The Balaban J connectivity index is 0.00000253. The largest absolute Gasteiger partial charge is 1.00 e. The molecule has 0 aliphatic carbocycles. The molecule has 0 fully saturated rings. The maximum Gasteiger partial charge on any atom is 1.00 e. The average molecular weight is 591 g/mol. The molecule has 212 valence electrons. The molecule has 0 amide bonds. The minimum Gasteiger partial charge on any atom is -1.00 e. The van der Waals surface area contributed by atoms with E-state index in [1.165, 1.54) is 0 Å². The van der Waals surface area contributed by atoms with Crippen LogP contribution in [-0.4, -0.2) is 25.8 Å². The third-order valence-corrected chi connectivity index (χ3v) is 6.87. The van der Waals surface area contributed by atoms with Crippen LogP contribution in [0.5, 0.6) is 5.75 Å². The van der Waals surface area contributed by atoms with Crippen LogP contribution in [0, 0.1) is 0 Å². The second-order valence-electron chi connectivity index (χ2n) is 10.2. The Labute approximate surface area is 289 Å². The zero-order valence-electron chi connectivity index (χ0n) is 25.8. The minimum absolute atomic E-state index is 0. The fraction of sp³-hybridized carbons (Fsp3) is 0.273. The summed E-state index contributed by atoms with van der Waals surface area (Å²) in [7, 11) is 0. The van der Waals surface area contributed by atoms with E-state index in [4.69, 9.17) is 14.2 Å². The summed E-state index contributed by atoms with van der Waals surface area (Å²) < 4.78 is 12.3. The molecule has 2 heterocycles. The van der Waals surface area contributed by atoms with Crippen molar-refractivity contribution in [3.8, 4) is 39.4 Å². The van der Waals surface area contributed by atoms with Gasteiger partial charge in [0.05, 0.1) is 23.9 Å². The zero-order valence-corrected chi connectivity index (χ0v) is 27.9. The van der Waals surface area contributed by atoms with Crippen LogP contribution in [0.15, 0.2) is 86.9 Å². The monoisotopic (exact) mass is 590 g/mol. The van der Waals surface area contributed by atoms with Crippen LogP contribution in [0.1, 0.15) is 52.6 Å². The molecule has 0 aliphatic rings. The number of hydrogen-bond donors (Lipinski definition) is 1. The van der Waals surface area contributed by atoms with Crippen molar-refractivity contribution in [3.63, 3.8) is 0 Å². The number of benzene rings is 3. The third-order valence-electron chi connectivity index (χ3n) is 6.87. The Morgan fingerprint density at radius 3 is 2.19 bits per heavy atom. The van der Waals surface area contributed by atoms with Crippen LogP contribution in [0.3, 0.4) is 0 Å². The van der Waals surface area contributed by atoms with Gasteiger partial charge in [0.25, 0.3) is 5.56 Å². The summed E-state index contributed by atoms with van der Waals surface area (Å²) in [6, 6.07) is 23.4. The number of hydrogen-bond acceptors (Lipinski definition) is 6. The maximum atomic E-state index is 14.1. The first-order valence-electron chi connectivity index (χ1n) is 14.0. The Morgan fingerprint density at radius 2 is 1.60 bits per heavy atom. The molecule has 0 aliphatic heterocycles. The van der Waals surface area contributed by atoms with E-state index in [0.29, 0.717) is 30.8 Å². The Hall–Kier alpha value is -3.08. The van der Waals surface area contributed by atoms with Crippen molar-refractivity contribution in [3.05, 3.63) is 111 Å². The Kier molecular flexibility index (Phi) is 10.9. The number of ether oxygens (including phenoxy) is 1. The van der Waals surface area contributed by atoms with Crippen molar-refractivity contribution in [2.45, 2.75) is 59.6 Å². The van der Waals surface area contributed by atoms with Crippen LogP contribution < -0.4 is 67.4 Å². The zero-order chi connectivity index (χ0) is 28.9. The van der Waals surface area contributed by atoms with Gasteiger partial charge in [0.1, 0.15) is 11.6 Å². The molecule has 5 rings (SSSR count). The standard InChI is InChI=1S/C33H34N4O4.K.H/c1-5-9-29-34-28(6-2)30(24-16-18-25(19-17-24)40-21(3)4)32(38)37(29)20-22-12-14-23(15-13-22)26-10-7-8-11-27(26)31-35-33(39)41-36-31;;/h7-8,10-19,21H,5-6,9,20H2,1-4H3,(H,35,36,39);;/q;+1;-1. The second kappa shape index (κ2) is 14.4. The van der Waals surface area contributed by atoms with Crippen molar-refractivity contribution in [2.24, 2.45) is 0 Å². The van der Waals surface area contributed by atoms with Gasteiger partial charge in [0.2, 0.25) is 0 Å². The van der Waals surface area contributed by atoms with Crippen LogP contribution >= 0.6 is 0 Å². The number of rotatable bonds is 10. The molecule has 0 spiro atoms. The molecule has 0 unspecified atom stereocenters. The molecular formula is C33H35KN4O4. The molecular weight excluding hydrogens is 555 g/mol. The molecule has 0 radical (unpaired) electrons. The van der Waals surface area contributed by atoms with Crippen LogP contribution in [-0.2, 0) is 19.4 Å². The van der Waals surface area contributed by atoms with Crippen molar-refractivity contribution in [1.82, 2.24) is 19.7 Å². The van der Waals surface area contributed by atoms with E-state index in [2.05, 4.69) is 17.1 Å². The van der Waals surface area contributed by atoms with E-state index < -0.39 is 5.76 Å². The van der Waals surface area contributed by atoms with E-state index in [1.807, 2.05) is 93.6 Å². The molecule has 0 saturated heterocycles. The van der Waals surface area contributed by atoms with E-state index in [-0.39, 0.29) is 64.5 Å². The Morgan fingerprint density at radius 1 is 0.929 bits per heavy atom. The molecule has 9 heteroatoms. The minimum atomic E-state index is -0.597. The number of nitrogens with zero attached hydrogens (tertiary/aromatic N) is 3. The summed E-state index contributed by atoms with van der Waals surface area (Å²) >= 11 is 0. The first-order valence-corrected chi connectivity index (χ1v) is 14.0. The van der Waals surface area contributed by atoms with Gasteiger partial charge in [0, 0.05) is 12.0 Å². The molecule has 0 saturated carbocycles. The Bertz CT molecular complexity index is 1760. The maximum absolute atomic E-state index is 14.1. The summed E-state index contributed by atoms with van der Waals surface area (Å²) in [6.45, 7) is 8.51. The van der Waals surface area contributed by atoms with Crippen LogP contribution in [0.4, 0.5) is 0 Å². The van der Waals surface area contributed by atoms with Crippen molar-refractivity contribution < 1.29 is 62.1 Å². The summed E-state index contributed by atoms with van der Waals surface area (Å²) in [5.74, 6) is 1.35. The number of aromatic nitrogens is 4. The topological polar surface area (TPSA) is 103 Å². The predicted molar refractivity (Wildman–Crippen MR) is 161 cm³/mol. The molecule has 3 aromatic carbocycles. The summed E-state index contributed by atoms with van der Waals surface area (Å²) in [5.41, 5.74) is 5.86. The van der Waals surface area contributed by atoms with Crippen molar-refractivity contribution in [1.29, 1.82) is 0 Å². The molecule has 8 nitrogen and oxygen atoms in total. The van der Waals surface area contributed by atoms with Gasteiger partial charge in [-0.2, -0.15) is 0 Å². The first kappa shape index (κ1) is 31.8. The average Bonchev–Trinajstić information content (AvgIpc) is 3.41. The van der Waals surface area contributed by atoms with Gasteiger partial charge in [-0.1, -0.05) is 79.7 Å². The van der Waals surface area contributed by atoms with Gasteiger partial charge in [-0.25, -0.2) is 9.78 Å². The van der Waals surface area contributed by atoms with Gasteiger partial charge in [-0.05, 0) is 61.1 Å². The fourth-order valence-corrected chi connectivity index (χ4v) is 5.00.